The molecule has 0 aliphatic rings. The molecule has 5 nitrogen and oxygen atoms in total. The summed E-state index contributed by atoms with van der Waals surface area (Å²) < 4.78 is 0. The number of nitrogens with two attached hydrogens (primary N) is 1. The third-order valence-electron chi connectivity index (χ3n) is 1.98. The van der Waals surface area contributed by atoms with Crippen molar-refractivity contribution in [2.24, 2.45) is 0 Å². The van der Waals surface area contributed by atoms with E-state index >= 15 is 0 Å². The van der Waals surface area contributed by atoms with E-state index in [1.54, 1.807) is 18.0 Å². The molecule has 0 aliphatic carbocycles. The predicted octanol–water partition coefficient (Wildman–Crippen LogP) is 0.890. The molecular weight excluding hydrogens is 228 g/mol. The SMILES string of the molecule is CCNC(=O)CN(C)c1ncc(Cl)cc1N. The highest BCUT2D eigenvalue weighted by Crippen LogP contribution is 2.21. The highest BCUT2D eigenvalue weighted by atomic mass is 35.5. The van der Waals surface area contributed by atoms with E-state index < -0.39 is 0 Å². The lowest BCUT2D eigenvalue weighted by Gasteiger charge is -2.18. The van der Waals surface area contributed by atoms with Crippen molar-refractivity contribution < 1.29 is 4.79 Å². The highest BCUT2D eigenvalue weighted by Gasteiger charge is 2.10. The molecule has 1 amide bonds. The van der Waals surface area contributed by atoms with E-state index in [0.717, 1.165) is 0 Å². The average Bonchev–Trinajstić information content (AvgIpc) is 2.17. The Kier molecular flexibility index (Phi) is 4.37. The molecule has 1 aromatic heterocycles. The Morgan fingerprint density at radius 2 is 2.38 bits per heavy atom. The molecule has 0 spiro atoms. The summed E-state index contributed by atoms with van der Waals surface area (Å²) in [5.74, 6) is 0.483. The second-order valence-corrected chi connectivity index (χ2v) is 3.81. The number of rotatable bonds is 4. The van der Waals surface area contributed by atoms with Crippen LogP contribution in [0.2, 0.25) is 5.02 Å². The summed E-state index contributed by atoms with van der Waals surface area (Å²) >= 11 is 5.74. The van der Waals surface area contributed by atoms with E-state index in [2.05, 4.69) is 10.3 Å². The van der Waals surface area contributed by atoms with Gasteiger partial charge >= 0.3 is 0 Å². The summed E-state index contributed by atoms with van der Waals surface area (Å²) in [6.07, 6.45) is 1.50. The Labute approximate surface area is 99.6 Å². The Hall–Kier alpha value is -1.49. The largest absolute Gasteiger partial charge is 0.396 e. The maximum absolute atomic E-state index is 11.4. The number of likely N-dealkylation sites (N-methyl/N-ethyl adjacent to an activating group) is 2. The smallest absolute Gasteiger partial charge is 0.239 e. The second kappa shape index (κ2) is 5.55. The summed E-state index contributed by atoms with van der Waals surface area (Å²) in [6.45, 7) is 2.69. The third-order valence-corrected chi connectivity index (χ3v) is 2.18. The number of amides is 1. The zero-order chi connectivity index (χ0) is 12.1. The van der Waals surface area contributed by atoms with Gasteiger partial charge in [0.15, 0.2) is 5.82 Å². The molecule has 0 aliphatic heterocycles. The summed E-state index contributed by atoms with van der Waals surface area (Å²) in [5.41, 5.74) is 6.21. The van der Waals surface area contributed by atoms with Crippen molar-refractivity contribution in [2.45, 2.75) is 6.92 Å². The van der Waals surface area contributed by atoms with Crippen molar-refractivity contribution in [3.63, 3.8) is 0 Å². The maximum Gasteiger partial charge on any atom is 0.239 e. The Bertz CT molecular complexity index is 383. The second-order valence-electron chi connectivity index (χ2n) is 3.38. The molecule has 0 fully saturated rings. The highest BCUT2D eigenvalue weighted by molar-refractivity contribution is 6.30. The van der Waals surface area contributed by atoms with Crippen LogP contribution < -0.4 is 16.0 Å². The molecule has 0 atom stereocenters. The quantitative estimate of drug-likeness (QED) is 0.823. The fourth-order valence-electron chi connectivity index (χ4n) is 1.31. The van der Waals surface area contributed by atoms with E-state index in [0.29, 0.717) is 23.1 Å². The molecular formula is C10H15ClN4O. The fraction of sp³-hybridized carbons (Fsp3) is 0.400. The summed E-state index contributed by atoms with van der Waals surface area (Å²) in [7, 11) is 1.75. The lowest BCUT2D eigenvalue weighted by Crippen LogP contribution is -2.35. The molecule has 0 bridgehead atoms. The number of hydrogen-bond donors (Lipinski definition) is 2. The van der Waals surface area contributed by atoms with Gasteiger partial charge in [0.1, 0.15) is 0 Å². The van der Waals surface area contributed by atoms with Crippen molar-refractivity contribution in [2.75, 3.05) is 30.8 Å². The Morgan fingerprint density at radius 1 is 1.69 bits per heavy atom. The number of nitrogens with one attached hydrogen (secondary N) is 1. The van der Waals surface area contributed by atoms with Crippen LogP contribution in [0, 0.1) is 0 Å². The first-order valence-electron chi connectivity index (χ1n) is 4.93. The zero-order valence-electron chi connectivity index (χ0n) is 9.33. The van der Waals surface area contributed by atoms with Gasteiger partial charge in [-0.3, -0.25) is 4.79 Å². The molecule has 1 aromatic rings. The van der Waals surface area contributed by atoms with Gasteiger partial charge in [-0.25, -0.2) is 4.98 Å². The van der Waals surface area contributed by atoms with Gasteiger partial charge in [-0.15, -0.1) is 0 Å². The molecule has 0 saturated heterocycles. The van der Waals surface area contributed by atoms with E-state index in [4.69, 9.17) is 17.3 Å². The van der Waals surface area contributed by atoms with Gasteiger partial charge in [0.05, 0.1) is 17.3 Å². The van der Waals surface area contributed by atoms with Gasteiger partial charge in [-0.1, -0.05) is 11.6 Å². The minimum absolute atomic E-state index is 0.0684. The number of pyridine rings is 1. The molecule has 3 N–H and O–H groups in total. The lowest BCUT2D eigenvalue weighted by molar-refractivity contribution is -0.119. The normalized spacial score (nSPS) is 9.94. The van der Waals surface area contributed by atoms with E-state index in [1.807, 2.05) is 6.92 Å². The van der Waals surface area contributed by atoms with Crippen molar-refractivity contribution in [1.29, 1.82) is 0 Å². The predicted molar refractivity (Wildman–Crippen MR) is 65.6 cm³/mol. The Balaban J connectivity index is 2.72. The minimum atomic E-state index is -0.0684. The molecule has 1 rings (SSSR count). The van der Waals surface area contributed by atoms with E-state index in [1.165, 1.54) is 6.20 Å². The van der Waals surface area contributed by atoms with Crippen molar-refractivity contribution in [3.05, 3.63) is 17.3 Å². The maximum atomic E-state index is 11.4. The number of aromatic nitrogens is 1. The molecule has 0 unspecified atom stereocenters. The molecule has 0 aromatic carbocycles. The summed E-state index contributed by atoms with van der Waals surface area (Å²) in [6, 6.07) is 1.61. The van der Waals surface area contributed by atoms with Gasteiger partial charge in [0.2, 0.25) is 5.91 Å². The molecule has 0 saturated carbocycles. The number of anilines is 2. The first-order valence-corrected chi connectivity index (χ1v) is 5.31. The lowest BCUT2D eigenvalue weighted by atomic mass is 10.3. The van der Waals surface area contributed by atoms with Gasteiger partial charge in [0, 0.05) is 19.8 Å². The molecule has 6 heteroatoms. The van der Waals surface area contributed by atoms with Gasteiger partial charge in [-0.05, 0) is 13.0 Å². The number of nitrogens with zero attached hydrogens (tertiary/aromatic N) is 2. The average molecular weight is 243 g/mol. The number of carbonyl (C=O) groups is 1. The van der Waals surface area contributed by atoms with Crippen LogP contribution in [-0.2, 0) is 4.79 Å². The van der Waals surface area contributed by atoms with Gasteiger partial charge in [0.25, 0.3) is 0 Å². The Morgan fingerprint density at radius 3 is 2.94 bits per heavy atom. The van der Waals surface area contributed by atoms with Crippen LogP contribution in [0.25, 0.3) is 0 Å². The number of nitrogen functional groups attached to an aromatic ring is 1. The fourth-order valence-corrected chi connectivity index (χ4v) is 1.48. The van der Waals surface area contributed by atoms with Gasteiger partial charge in [-0.2, -0.15) is 0 Å². The zero-order valence-corrected chi connectivity index (χ0v) is 10.1. The molecule has 1 heterocycles. The summed E-state index contributed by atoms with van der Waals surface area (Å²) in [4.78, 5) is 17.1. The van der Waals surface area contributed by atoms with E-state index in [-0.39, 0.29) is 12.5 Å². The molecule has 0 radical (unpaired) electrons. The number of hydrogen-bond acceptors (Lipinski definition) is 4. The number of carbonyl (C=O) groups excluding carboxylic acids is 1. The first kappa shape index (κ1) is 12.6. The van der Waals surface area contributed by atoms with Crippen LogP contribution in [0.3, 0.4) is 0 Å². The minimum Gasteiger partial charge on any atom is -0.396 e. The van der Waals surface area contributed by atoms with Crippen LogP contribution in [-0.4, -0.2) is 31.0 Å². The van der Waals surface area contributed by atoms with E-state index in [9.17, 15) is 4.79 Å². The van der Waals surface area contributed by atoms with Crippen LogP contribution in [0.5, 0.6) is 0 Å². The first-order chi connectivity index (χ1) is 7.54. The molecule has 16 heavy (non-hydrogen) atoms. The monoisotopic (exact) mass is 242 g/mol. The van der Waals surface area contributed by atoms with Crippen LogP contribution >= 0.6 is 11.6 Å². The van der Waals surface area contributed by atoms with Crippen LogP contribution in [0.15, 0.2) is 12.3 Å². The van der Waals surface area contributed by atoms with Crippen molar-refractivity contribution >= 4 is 29.0 Å². The topological polar surface area (TPSA) is 71.2 Å². The van der Waals surface area contributed by atoms with Crippen molar-refractivity contribution in [3.8, 4) is 0 Å². The number of halogens is 1. The summed E-state index contributed by atoms with van der Waals surface area (Å²) in [5, 5.41) is 3.18. The van der Waals surface area contributed by atoms with Crippen molar-refractivity contribution in [1.82, 2.24) is 10.3 Å². The molecule has 88 valence electrons. The standard InChI is InChI=1S/C10H15ClN4O/c1-3-13-9(16)6-15(2)10-8(12)4-7(11)5-14-10/h4-5H,3,6,12H2,1-2H3,(H,13,16). The third kappa shape index (κ3) is 3.27. The van der Waals surface area contributed by atoms with Crippen LogP contribution in [0.1, 0.15) is 6.92 Å². The van der Waals surface area contributed by atoms with Crippen LogP contribution in [0.4, 0.5) is 11.5 Å². The van der Waals surface area contributed by atoms with Gasteiger partial charge < -0.3 is 16.0 Å².